The molecular weight excluding hydrogens is 411 g/mol. The van der Waals surface area contributed by atoms with Gasteiger partial charge in [0, 0.05) is 0 Å². The van der Waals surface area contributed by atoms with Crippen LogP contribution in [0.25, 0.3) is 0 Å². The SMILES string of the molecule is CC[C@H](C(=O)N[C@@H](C)COc1ccc(OC)cc1)N(c1ccccc1F)S(C)(=O)=O. The monoisotopic (exact) mass is 438 g/mol. The van der Waals surface area contributed by atoms with Gasteiger partial charge in [-0.1, -0.05) is 19.1 Å². The molecule has 0 aromatic heterocycles. The van der Waals surface area contributed by atoms with Gasteiger partial charge in [0.2, 0.25) is 15.9 Å². The smallest absolute Gasteiger partial charge is 0.244 e. The quantitative estimate of drug-likeness (QED) is 0.617. The minimum atomic E-state index is -3.91. The number of benzene rings is 2. The van der Waals surface area contributed by atoms with E-state index in [-0.39, 0.29) is 18.7 Å². The number of nitrogens with one attached hydrogen (secondary N) is 1. The summed E-state index contributed by atoms with van der Waals surface area (Å²) in [5.41, 5.74) is -0.163. The summed E-state index contributed by atoms with van der Waals surface area (Å²) in [6.07, 6.45) is 1.12. The predicted molar refractivity (Wildman–Crippen MR) is 114 cm³/mol. The van der Waals surface area contributed by atoms with Gasteiger partial charge in [-0.05, 0) is 49.7 Å². The van der Waals surface area contributed by atoms with Crippen LogP contribution in [0.3, 0.4) is 0 Å². The Morgan fingerprint density at radius 1 is 1.13 bits per heavy atom. The fourth-order valence-electron chi connectivity index (χ4n) is 2.94. The molecule has 0 aliphatic heterocycles. The van der Waals surface area contributed by atoms with Crippen molar-refractivity contribution in [2.75, 3.05) is 24.3 Å². The molecule has 164 valence electrons. The largest absolute Gasteiger partial charge is 0.497 e. The van der Waals surface area contributed by atoms with Crippen LogP contribution in [0.2, 0.25) is 0 Å². The van der Waals surface area contributed by atoms with Crippen LogP contribution in [-0.4, -0.2) is 46.4 Å². The summed E-state index contributed by atoms with van der Waals surface area (Å²) in [7, 11) is -2.34. The number of halogens is 1. The van der Waals surface area contributed by atoms with Crippen molar-refractivity contribution in [1.29, 1.82) is 0 Å². The lowest BCUT2D eigenvalue weighted by atomic mass is 10.1. The first kappa shape index (κ1) is 23.5. The maximum atomic E-state index is 14.3. The number of hydrogen-bond acceptors (Lipinski definition) is 5. The molecule has 30 heavy (non-hydrogen) atoms. The third-order valence-corrected chi connectivity index (χ3v) is 5.53. The number of amides is 1. The van der Waals surface area contributed by atoms with Gasteiger partial charge in [0.05, 0.1) is 25.1 Å². The molecule has 0 radical (unpaired) electrons. The van der Waals surface area contributed by atoms with Gasteiger partial charge in [0.1, 0.15) is 30.0 Å². The van der Waals surface area contributed by atoms with Crippen molar-refractivity contribution in [2.45, 2.75) is 32.4 Å². The summed E-state index contributed by atoms with van der Waals surface area (Å²) in [5.74, 6) is 0.0543. The highest BCUT2D eigenvalue weighted by Gasteiger charge is 2.33. The van der Waals surface area contributed by atoms with Crippen LogP contribution in [0, 0.1) is 5.82 Å². The van der Waals surface area contributed by atoms with Crippen molar-refractivity contribution in [1.82, 2.24) is 5.32 Å². The molecule has 0 aliphatic rings. The molecule has 0 saturated heterocycles. The average Bonchev–Trinajstić information content (AvgIpc) is 2.70. The first-order valence-electron chi connectivity index (χ1n) is 9.48. The van der Waals surface area contributed by atoms with Crippen LogP contribution in [0.15, 0.2) is 48.5 Å². The minimum Gasteiger partial charge on any atom is -0.497 e. The summed E-state index contributed by atoms with van der Waals surface area (Å²) >= 11 is 0. The third kappa shape index (κ3) is 6.09. The molecular formula is C21H27FN2O5S. The van der Waals surface area contributed by atoms with Crippen molar-refractivity contribution in [3.05, 3.63) is 54.3 Å². The number of sulfonamides is 1. The lowest BCUT2D eigenvalue weighted by molar-refractivity contribution is -0.123. The molecule has 0 unspecified atom stereocenters. The van der Waals surface area contributed by atoms with Crippen LogP contribution in [-0.2, 0) is 14.8 Å². The van der Waals surface area contributed by atoms with Gasteiger partial charge >= 0.3 is 0 Å². The van der Waals surface area contributed by atoms with Gasteiger partial charge in [-0.2, -0.15) is 0 Å². The zero-order valence-corrected chi connectivity index (χ0v) is 18.3. The number of ether oxygens (including phenoxy) is 2. The molecule has 2 aromatic carbocycles. The fraction of sp³-hybridized carbons (Fsp3) is 0.381. The number of hydrogen-bond donors (Lipinski definition) is 1. The van der Waals surface area contributed by atoms with Crippen LogP contribution in [0.5, 0.6) is 11.5 Å². The Labute approximate surface area is 176 Å². The van der Waals surface area contributed by atoms with Crippen molar-refractivity contribution < 1.29 is 27.1 Å². The Bertz CT molecular complexity index is 950. The maximum absolute atomic E-state index is 14.3. The van der Waals surface area contributed by atoms with Gasteiger partial charge in [0.25, 0.3) is 0 Å². The molecule has 0 heterocycles. The molecule has 0 saturated carbocycles. The van der Waals surface area contributed by atoms with E-state index >= 15 is 0 Å². The molecule has 0 bridgehead atoms. The molecule has 2 atom stereocenters. The van der Waals surface area contributed by atoms with Crippen molar-refractivity contribution in [3.63, 3.8) is 0 Å². The highest BCUT2D eigenvalue weighted by Crippen LogP contribution is 2.25. The van der Waals surface area contributed by atoms with Crippen LogP contribution in [0.4, 0.5) is 10.1 Å². The van der Waals surface area contributed by atoms with E-state index in [4.69, 9.17) is 9.47 Å². The number of nitrogens with zero attached hydrogens (tertiary/aromatic N) is 1. The molecule has 9 heteroatoms. The summed E-state index contributed by atoms with van der Waals surface area (Å²) < 4.78 is 50.6. The molecule has 0 fully saturated rings. The zero-order valence-electron chi connectivity index (χ0n) is 17.5. The molecule has 2 aromatic rings. The summed E-state index contributed by atoms with van der Waals surface area (Å²) in [6, 6.07) is 11.0. The van der Waals surface area contributed by atoms with E-state index in [0.717, 1.165) is 16.6 Å². The molecule has 1 N–H and O–H groups in total. The Hall–Kier alpha value is -2.81. The lowest BCUT2D eigenvalue weighted by Crippen LogP contribution is -2.52. The van der Waals surface area contributed by atoms with Gasteiger partial charge < -0.3 is 14.8 Å². The van der Waals surface area contributed by atoms with Crippen molar-refractivity contribution >= 4 is 21.6 Å². The molecule has 7 nitrogen and oxygen atoms in total. The van der Waals surface area contributed by atoms with Crippen LogP contribution < -0.4 is 19.1 Å². The second kappa shape index (κ2) is 10.3. The second-order valence-electron chi connectivity index (χ2n) is 6.83. The van der Waals surface area contributed by atoms with Gasteiger partial charge in [0.15, 0.2) is 0 Å². The van der Waals surface area contributed by atoms with Crippen LogP contribution >= 0.6 is 0 Å². The van der Waals surface area contributed by atoms with Crippen LogP contribution in [0.1, 0.15) is 20.3 Å². The summed E-state index contributed by atoms with van der Waals surface area (Å²) in [5, 5.41) is 2.75. The van der Waals surface area contributed by atoms with E-state index in [1.165, 1.54) is 18.2 Å². The van der Waals surface area contributed by atoms with Gasteiger partial charge in [-0.25, -0.2) is 12.8 Å². The Morgan fingerprint density at radius 2 is 1.73 bits per heavy atom. The molecule has 0 spiro atoms. The molecule has 0 aliphatic carbocycles. The van der Waals surface area contributed by atoms with E-state index in [2.05, 4.69) is 5.32 Å². The number of rotatable bonds is 10. The highest BCUT2D eigenvalue weighted by atomic mass is 32.2. The minimum absolute atomic E-state index is 0.163. The van der Waals surface area contributed by atoms with Crippen molar-refractivity contribution in [2.24, 2.45) is 0 Å². The summed E-state index contributed by atoms with van der Waals surface area (Å²) in [6.45, 7) is 3.58. The average molecular weight is 439 g/mol. The predicted octanol–water partition coefficient (Wildman–Crippen LogP) is 2.96. The first-order valence-corrected chi connectivity index (χ1v) is 11.3. The molecule has 2 rings (SSSR count). The van der Waals surface area contributed by atoms with E-state index in [0.29, 0.717) is 11.5 Å². The lowest BCUT2D eigenvalue weighted by Gasteiger charge is -2.31. The number of methoxy groups -OCH3 is 1. The zero-order chi connectivity index (χ0) is 22.3. The maximum Gasteiger partial charge on any atom is 0.244 e. The first-order chi connectivity index (χ1) is 14.2. The van der Waals surface area contributed by atoms with Gasteiger partial charge in [-0.3, -0.25) is 9.10 Å². The number of anilines is 1. The van der Waals surface area contributed by atoms with E-state index in [9.17, 15) is 17.6 Å². The number of carbonyl (C=O) groups is 1. The normalized spacial score (nSPS) is 13.2. The van der Waals surface area contributed by atoms with E-state index in [1.54, 1.807) is 45.2 Å². The Kier molecular flexibility index (Phi) is 8.05. The fourth-order valence-corrected chi connectivity index (χ4v) is 4.15. The van der Waals surface area contributed by atoms with Crippen molar-refractivity contribution in [3.8, 4) is 11.5 Å². The van der Waals surface area contributed by atoms with E-state index < -0.39 is 33.8 Å². The highest BCUT2D eigenvalue weighted by molar-refractivity contribution is 7.92. The Balaban J connectivity index is 2.10. The Morgan fingerprint density at radius 3 is 2.27 bits per heavy atom. The van der Waals surface area contributed by atoms with Gasteiger partial charge in [-0.15, -0.1) is 0 Å². The molecule has 1 amide bonds. The third-order valence-electron chi connectivity index (χ3n) is 4.37. The summed E-state index contributed by atoms with van der Waals surface area (Å²) in [4.78, 5) is 12.8. The second-order valence-corrected chi connectivity index (χ2v) is 8.69. The topological polar surface area (TPSA) is 84.9 Å². The standard InChI is InChI=1S/C21H27FN2O5S/c1-5-19(24(30(4,26)27)20-9-7-6-8-18(20)22)21(25)23-15(2)14-29-17-12-10-16(28-3)11-13-17/h6-13,15,19H,5,14H2,1-4H3,(H,23,25)/t15-,19+/m0/s1. The number of para-hydroxylation sites is 1. The number of carbonyl (C=O) groups excluding carboxylic acids is 1. The van der Waals surface area contributed by atoms with E-state index in [1.807, 2.05) is 0 Å².